The zero-order chi connectivity index (χ0) is 11.7. The molecule has 4 nitrogen and oxygen atoms in total. The summed E-state index contributed by atoms with van der Waals surface area (Å²) < 4.78 is 0. The lowest BCUT2D eigenvalue weighted by Crippen LogP contribution is -1.98. The summed E-state index contributed by atoms with van der Waals surface area (Å²) in [6.07, 6.45) is 3.41. The number of thiazole rings is 1. The molecule has 0 aliphatic rings. The fraction of sp³-hybridized carbons (Fsp3) is 0.182. The van der Waals surface area contributed by atoms with E-state index in [0.29, 0.717) is 9.88 Å². The van der Waals surface area contributed by atoms with Crippen LogP contribution in [0.1, 0.15) is 20.9 Å². The van der Waals surface area contributed by atoms with Crippen molar-refractivity contribution >= 4 is 17.3 Å². The molecule has 16 heavy (non-hydrogen) atoms. The Morgan fingerprint density at radius 2 is 2.19 bits per heavy atom. The van der Waals surface area contributed by atoms with Crippen LogP contribution in [0.2, 0.25) is 0 Å². The number of carbonyl (C=O) groups is 1. The fourth-order valence-corrected chi connectivity index (χ4v) is 2.38. The van der Waals surface area contributed by atoms with Gasteiger partial charge in [-0.2, -0.15) is 0 Å². The van der Waals surface area contributed by atoms with Crippen LogP contribution in [-0.2, 0) is 0 Å². The van der Waals surface area contributed by atoms with Gasteiger partial charge < -0.3 is 5.11 Å². The second kappa shape index (κ2) is 4.02. The number of rotatable bonds is 2. The average Bonchev–Trinajstić information content (AvgIpc) is 2.61. The topological polar surface area (TPSA) is 63.1 Å². The fourth-order valence-electron chi connectivity index (χ4n) is 1.40. The molecule has 82 valence electrons. The summed E-state index contributed by atoms with van der Waals surface area (Å²) in [5.41, 5.74) is 2.06. The Morgan fingerprint density at radius 3 is 2.75 bits per heavy atom. The number of aromatic carboxylic acids is 1. The van der Waals surface area contributed by atoms with Gasteiger partial charge in [-0.15, -0.1) is 11.3 Å². The van der Waals surface area contributed by atoms with Crippen molar-refractivity contribution < 1.29 is 9.90 Å². The third kappa shape index (κ3) is 1.81. The van der Waals surface area contributed by atoms with Crippen LogP contribution in [0.15, 0.2) is 18.5 Å². The van der Waals surface area contributed by atoms with Gasteiger partial charge in [-0.05, 0) is 25.5 Å². The van der Waals surface area contributed by atoms with Gasteiger partial charge in [-0.3, -0.25) is 4.98 Å². The quantitative estimate of drug-likeness (QED) is 0.867. The van der Waals surface area contributed by atoms with E-state index in [1.165, 1.54) is 11.3 Å². The third-order valence-electron chi connectivity index (χ3n) is 2.27. The molecule has 0 unspecified atom stereocenters. The van der Waals surface area contributed by atoms with Crippen molar-refractivity contribution in [2.24, 2.45) is 0 Å². The number of hydrogen-bond donors (Lipinski definition) is 1. The van der Waals surface area contributed by atoms with Crippen LogP contribution in [0.5, 0.6) is 0 Å². The minimum Gasteiger partial charge on any atom is -0.476 e. The van der Waals surface area contributed by atoms with E-state index in [-0.39, 0.29) is 5.69 Å². The number of aryl methyl sites for hydroxylation is 2. The van der Waals surface area contributed by atoms with Gasteiger partial charge in [0.15, 0.2) is 5.69 Å². The van der Waals surface area contributed by atoms with Crippen LogP contribution >= 0.6 is 11.3 Å². The molecule has 0 atom stereocenters. The largest absolute Gasteiger partial charge is 0.476 e. The highest BCUT2D eigenvalue weighted by molar-refractivity contribution is 7.15. The molecule has 2 heterocycles. The van der Waals surface area contributed by atoms with Gasteiger partial charge in [0, 0.05) is 22.8 Å². The maximum absolute atomic E-state index is 10.9. The first-order chi connectivity index (χ1) is 7.59. The number of nitrogens with zero attached hydrogens (tertiary/aromatic N) is 2. The van der Waals surface area contributed by atoms with E-state index in [2.05, 4.69) is 9.97 Å². The summed E-state index contributed by atoms with van der Waals surface area (Å²) in [6.45, 7) is 3.71. The van der Waals surface area contributed by atoms with Crippen LogP contribution in [0.4, 0.5) is 0 Å². The highest BCUT2D eigenvalue weighted by Crippen LogP contribution is 2.29. The van der Waals surface area contributed by atoms with Gasteiger partial charge in [0.1, 0.15) is 5.01 Å². The van der Waals surface area contributed by atoms with Crippen molar-refractivity contribution in [3.8, 4) is 10.6 Å². The second-order valence-electron chi connectivity index (χ2n) is 3.42. The van der Waals surface area contributed by atoms with Gasteiger partial charge in [-0.1, -0.05) is 0 Å². The molecule has 0 amide bonds. The highest BCUT2D eigenvalue weighted by Gasteiger charge is 2.15. The van der Waals surface area contributed by atoms with Crippen LogP contribution in [-0.4, -0.2) is 21.0 Å². The Hall–Kier alpha value is -1.75. The van der Waals surface area contributed by atoms with Crippen molar-refractivity contribution in [1.82, 2.24) is 9.97 Å². The molecule has 5 heteroatoms. The Bertz CT molecular complexity index is 549. The van der Waals surface area contributed by atoms with Gasteiger partial charge >= 0.3 is 5.97 Å². The Labute approximate surface area is 96.6 Å². The molecule has 0 fully saturated rings. The van der Waals surface area contributed by atoms with Crippen molar-refractivity contribution in [2.45, 2.75) is 13.8 Å². The number of carboxylic acid groups (broad SMARTS) is 1. The van der Waals surface area contributed by atoms with Crippen LogP contribution in [0.25, 0.3) is 10.6 Å². The smallest absolute Gasteiger partial charge is 0.355 e. The minimum absolute atomic E-state index is 0.128. The lowest BCUT2D eigenvalue weighted by atomic mass is 10.2. The monoisotopic (exact) mass is 234 g/mol. The summed E-state index contributed by atoms with van der Waals surface area (Å²) in [7, 11) is 0. The first kappa shape index (κ1) is 10.8. The minimum atomic E-state index is -0.985. The number of aromatic nitrogens is 2. The molecule has 0 aliphatic heterocycles. The average molecular weight is 234 g/mol. The number of carboxylic acids is 1. The molecule has 2 rings (SSSR count). The van der Waals surface area contributed by atoms with E-state index in [1.807, 2.05) is 13.0 Å². The molecule has 2 aromatic rings. The third-order valence-corrected chi connectivity index (χ3v) is 3.27. The predicted molar refractivity (Wildman–Crippen MR) is 61.8 cm³/mol. The lowest BCUT2D eigenvalue weighted by molar-refractivity contribution is 0.0690. The molecular formula is C11H10N2O2S. The lowest BCUT2D eigenvalue weighted by Gasteiger charge is -1.98. The highest BCUT2D eigenvalue weighted by atomic mass is 32.1. The zero-order valence-electron chi connectivity index (χ0n) is 8.89. The van der Waals surface area contributed by atoms with E-state index in [4.69, 9.17) is 5.11 Å². The van der Waals surface area contributed by atoms with E-state index in [1.54, 1.807) is 19.3 Å². The molecule has 0 saturated carbocycles. The van der Waals surface area contributed by atoms with Crippen LogP contribution < -0.4 is 0 Å². The van der Waals surface area contributed by atoms with Crippen LogP contribution in [0.3, 0.4) is 0 Å². The summed E-state index contributed by atoms with van der Waals surface area (Å²) in [6, 6.07) is 1.88. The van der Waals surface area contributed by atoms with Crippen molar-refractivity contribution in [3.05, 3.63) is 34.6 Å². The molecule has 0 aromatic carbocycles. The maximum atomic E-state index is 10.9. The molecule has 0 radical (unpaired) electrons. The van der Waals surface area contributed by atoms with E-state index >= 15 is 0 Å². The van der Waals surface area contributed by atoms with Crippen molar-refractivity contribution in [3.63, 3.8) is 0 Å². The molecule has 0 saturated heterocycles. The maximum Gasteiger partial charge on any atom is 0.355 e. The molecule has 1 N–H and O–H groups in total. The molecule has 0 bridgehead atoms. The summed E-state index contributed by atoms with van der Waals surface area (Å²) in [5.74, 6) is -0.985. The summed E-state index contributed by atoms with van der Waals surface area (Å²) in [4.78, 5) is 19.7. The van der Waals surface area contributed by atoms with Gasteiger partial charge in [-0.25, -0.2) is 9.78 Å². The molecular weight excluding hydrogens is 224 g/mol. The van der Waals surface area contributed by atoms with E-state index in [9.17, 15) is 4.79 Å². The SMILES string of the molecule is Cc1ccncc1-c1nc(C(=O)O)c(C)s1. The summed E-state index contributed by atoms with van der Waals surface area (Å²) >= 11 is 1.38. The first-order valence-corrected chi connectivity index (χ1v) is 5.53. The number of pyridine rings is 1. The van der Waals surface area contributed by atoms with Crippen LogP contribution in [0, 0.1) is 13.8 Å². The van der Waals surface area contributed by atoms with Gasteiger partial charge in [0.2, 0.25) is 0 Å². The molecule has 0 spiro atoms. The van der Waals surface area contributed by atoms with Crippen molar-refractivity contribution in [1.29, 1.82) is 0 Å². The normalized spacial score (nSPS) is 10.4. The zero-order valence-corrected chi connectivity index (χ0v) is 9.71. The van der Waals surface area contributed by atoms with E-state index < -0.39 is 5.97 Å². The summed E-state index contributed by atoms with van der Waals surface area (Å²) in [5, 5.41) is 9.63. The van der Waals surface area contributed by atoms with Gasteiger partial charge in [0.25, 0.3) is 0 Å². The second-order valence-corrected chi connectivity index (χ2v) is 4.62. The Balaban J connectivity index is 2.54. The van der Waals surface area contributed by atoms with E-state index in [0.717, 1.165) is 11.1 Å². The first-order valence-electron chi connectivity index (χ1n) is 4.71. The standard InChI is InChI=1S/C11H10N2O2S/c1-6-3-4-12-5-8(6)10-13-9(11(14)15)7(2)16-10/h3-5H,1-2H3,(H,14,15). The molecule has 0 aliphatic carbocycles. The Kier molecular flexibility index (Phi) is 2.70. The van der Waals surface area contributed by atoms with Gasteiger partial charge in [0.05, 0.1) is 0 Å². The molecule has 2 aromatic heterocycles. The van der Waals surface area contributed by atoms with Crippen molar-refractivity contribution in [2.75, 3.05) is 0 Å². The Morgan fingerprint density at radius 1 is 1.44 bits per heavy atom. The predicted octanol–water partition coefficient (Wildman–Crippen LogP) is 2.52. The number of hydrogen-bond acceptors (Lipinski definition) is 4.